The number of rotatable bonds is 1. The summed E-state index contributed by atoms with van der Waals surface area (Å²) in [5.74, 6) is 0.136. The normalized spacial score (nSPS) is 20.3. The smallest absolute Gasteiger partial charge is 0.410 e. The van der Waals surface area contributed by atoms with Crippen LogP contribution in [0.4, 0.5) is 4.79 Å². The van der Waals surface area contributed by atoms with Gasteiger partial charge in [-0.25, -0.2) is 4.79 Å². The molecule has 2 saturated heterocycles. The van der Waals surface area contributed by atoms with Crippen molar-refractivity contribution < 1.29 is 14.3 Å². The Kier molecular flexibility index (Phi) is 4.12. The van der Waals surface area contributed by atoms with Crippen molar-refractivity contribution in [2.75, 3.05) is 19.6 Å². The second-order valence-electron chi connectivity index (χ2n) is 7.38. The number of piperidine rings is 1. The van der Waals surface area contributed by atoms with E-state index in [2.05, 4.69) is 0 Å². The fraction of sp³-hybridized carbons (Fsp3) is 0.647. The Hall–Kier alpha value is -1.56. The van der Waals surface area contributed by atoms with E-state index in [1.807, 2.05) is 43.2 Å². The minimum Gasteiger partial charge on any atom is -0.444 e. The summed E-state index contributed by atoms with van der Waals surface area (Å²) < 4.78 is 5.44. The molecule has 23 heavy (non-hydrogen) atoms. The Morgan fingerprint density at radius 2 is 1.83 bits per heavy atom. The van der Waals surface area contributed by atoms with Gasteiger partial charge in [0.05, 0.1) is 4.88 Å². The Balaban J connectivity index is 1.60. The Morgan fingerprint density at radius 3 is 2.30 bits per heavy atom. The average Bonchev–Trinajstić information content (AvgIpc) is 2.98. The highest BCUT2D eigenvalue weighted by Gasteiger charge is 2.49. The standard InChI is InChI=1S/C17H24N2O3S/c1-16(2,3)22-15(21)18-9-6-17(7-10-18)8-11-19(17)14(20)13-5-4-12-23-13/h4-5,12H,6-11H2,1-3H3. The maximum atomic E-state index is 12.6. The average molecular weight is 336 g/mol. The SMILES string of the molecule is CC(C)(C)OC(=O)N1CCC2(CC1)CCN2C(=O)c1cccs1. The third kappa shape index (κ3) is 3.22. The molecule has 0 bridgehead atoms. The highest BCUT2D eigenvalue weighted by atomic mass is 32.1. The molecule has 1 spiro atoms. The van der Waals surface area contributed by atoms with E-state index in [1.54, 1.807) is 4.90 Å². The van der Waals surface area contributed by atoms with E-state index < -0.39 is 5.60 Å². The van der Waals surface area contributed by atoms with Gasteiger partial charge in [-0.05, 0) is 51.5 Å². The minimum absolute atomic E-state index is 0.0560. The van der Waals surface area contributed by atoms with Crippen molar-refractivity contribution in [1.29, 1.82) is 0 Å². The van der Waals surface area contributed by atoms with Crippen LogP contribution in [0.3, 0.4) is 0 Å². The molecule has 5 nitrogen and oxygen atoms in total. The quantitative estimate of drug-likeness (QED) is 0.790. The number of hydrogen-bond donors (Lipinski definition) is 0. The summed E-state index contributed by atoms with van der Waals surface area (Å²) in [6.07, 6.45) is 2.46. The van der Waals surface area contributed by atoms with Crippen molar-refractivity contribution in [3.05, 3.63) is 22.4 Å². The zero-order chi connectivity index (χ0) is 16.7. The molecule has 0 unspecified atom stereocenters. The molecular formula is C17H24N2O3S. The van der Waals surface area contributed by atoms with E-state index in [1.165, 1.54) is 11.3 Å². The van der Waals surface area contributed by atoms with Crippen molar-refractivity contribution in [2.45, 2.75) is 51.2 Å². The molecular weight excluding hydrogens is 312 g/mol. The lowest BCUT2D eigenvalue weighted by Crippen LogP contribution is -2.66. The Labute approximate surface area is 141 Å². The van der Waals surface area contributed by atoms with Crippen molar-refractivity contribution in [2.24, 2.45) is 0 Å². The number of ether oxygens (including phenoxy) is 1. The fourth-order valence-corrected chi connectivity index (χ4v) is 4.01. The van der Waals surface area contributed by atoms with Gasteiger partial charge in [0.15, 0.2) is 0 Å². The van der Waals surface area contributed by atoms with Gasteiger partial charge in [-0.3, -0.25) is 4.79 Å². The summed E-state index contributed by atoms with van der Waals surface area (Å²) in [7, 11) is 0. The van der Waals surface area contributed by atoms with Crippen LogP contribution in [0.1, 0.15) is 49.7 Å². The van der Waals surface area contributed by atoms with E-state index in [-0.39, 0.29) is 17.5 Å². The third-order valence-corrected chi connectivity index (χ3v) is 5.55. The van der Waals surface area contributed by atoms with E-state index in [9.17, 15) is 9.59 Å². The van der Waals surface area contributed by atoms with Crippen LogP contribution in [0, 0.1) is 0 Å². The first-order valence-electron chi connectivity index (χ1n) is 8.14. The molecule has 2 fully saturated rings. The predicted octanol–water partition coefficient (Wildman–Crippen LogP) is 3.36. The van der Waals surface area contributed by atoms with Crippen molar-refractivity contribution in [3.8, 4) is 0 Å². The third-order valence-electron chi connectivity index (χ3n) is 4.70. The summed E-state index contributed by atoms with van der Waals surface area (Å²) in [6.45, 7) is 7.77. The predicted molar refractivity (Wildman–Crippen MR) is 89.7 cm³/mol. The van der Waals surface area contributed by atoms with E-state index in [4.69, 9.17) is 4.74 Å². The monoisotopic (exact) mass is 336 g/mol. The number of carbonyl (C=O) groups excluding carboxylic acids is 2. The van der Waals surface area contributed by atoms with Crippen LogP contribution >= 0.6 is 11.3 Å². The zero-order valence-electron chi connectivity index (χ0n) is 14.0. The van der Waals surface area contributed by atoms with Crippen LogP contribution in [-0.2, 0) is 4.74 Å². The summed E-state index contributed by atoms with van der Waals surface area (Å²) in [5, 5.41) is 1.94. The molecule has 2 aliphatic rings. The molecule has 0 radical (unpaired) electrons. The number of nitrogens with zero attached hydrogens (tertiary/aromatic N) is 2. The first-order valence-corrected chi connectivity index (χ1v) is 9.02. The molecule has 2 amide bonds. The molecule has 0 aliphatic carbocycles. The maximum absolute atomic E-state index is 12.6. The second kappa shape index (κ2) is 5.82. The minimum atomic E-state index is -0.468. The lowest BCUT2D eigenvalue weighted by atomic mass is 9.76. The molecule has 3 rings (SSSR count). The van der Waals surface area contributed by atoms with Crippen LogP contribution in [0.5, 0.6) is 0 Å². The lowest BCUT2D eigenvalue weighted by molar-refractivity contribution is -0.0433. The number of carbonyl (C=O) groups is 2. The van der Waals surface area contributed by atoms with Gasteiger partial charge in [0.25, 0.3) is 5.91 Å². The molecule has 126 valence electrons. The molecule has 0 atom stereocenters. The molecule has 1 aromatic rings. The number of hydrogen-bond acceptors (Lipinski definition) is 4. The van der Waals surface area contributed by atoms with Gasteiger partial charge in [0.1, 0.15) is 5.60 Å². The van der Waals surface area contributed by atoms with E-state index in [0.29, 0.717) is 13.1 Å². The second-order valence-corrected chi connectivity index (χ2v) is 8.32. The number of likely N-dealkylation sites (tertiary alicyclic amines) is 2. The van der Waals surface area contributed by atoms with E-state index >= 15 is 0 Å². The molecule has 0 N–H and O–H groups in total. The van der Waals surface area contributed by atoms with Crippen LogP contribution in [0.25, 0.3) is 0 Å². The fourth-order valence-electron chi connectivity index (χ4n) is 3.34. The van der Waals surface area contributed by atoms with Gasteiger partial charge in [-0.2, -0.15) is 0 Å². The molecule has 2 aliphatic heterocycles. The Morgan fingerprint density at radius 1 is 1.17 bits per heavy atom. The summed E-state index contributed by atoms with van der Waals surface area (Å²) >= 11 is 1.49. The molecule has 0 aromatic carbocycles. The van der Waals surface area contributed by atoms with Crippen LogP contribution in [0.15, 0.2) is 17.5 Å². The molecule has 3 heterocycles. The van der Waals surface area contributed by atoms with Crippen LogP contribution < -0.4 is 0 Å². The van der Waals surface area contributed by atoms with Crippen molar-refractivity contribution >= 4 is 23.3 Å². The van der Waals surface area contributed by atoms with Gasteiger partial charge in [-0.15, -0.1) is 11.3 Å². The lowest BCUT2D eigenvalue weighted by Gasteiger charge is -2.56. The topological polar surface area (TPSA) is 49.9 Å². The number of amides is 2. The maximum Gasteiger partial charge on any atom is 0.410 e. The highest BCUT2D eigenvalue weighted by Crippen LogP contribution is 2.41. The molecule has 0 saturated carbocycles. The van der Waals surface area contributed by atoms with Gasteiger partial charge in [0, 0.05) is 25.2 Å². The van der Waals surface area contributed by atoms with Gasteiger partial charge < -0.3 is 14.5 Å². The van der Waals surface area contributed by atoms with E-state index in [0.717, 1.165) is 30.7 Å². The van der Waals surface area contributed by atoms with Gasteiger partial charge >= 0.3 is 6.09 Å². The Bertz CT molecular complexity index is 583. The highest BCUT2D eigenvalue weighted by molar-refractivity contribution is 7.12. The van der Waals surface area contributed by atoms with Crippen LogP contribution in [-0.4, -0.2) is 52.6 Å². The first-order chi connectivity index (χ1) is 10.8. The summed E-state index contributed by atoms with van der Waals surface area (Å²) in [4.78, 5) is 29.3. The van der Waals surface area contributed by atoms with Gasteiger partial charge in [0.2, 0.25) is 0 Å². The van der Waals surface area contributed by atoms with Gasteiger partial charge in [-0.1, -0.05) is 6.07 Å². The number of thiophene rings is 1. The molecule has 1 aromatic heterocycles. The molecule has 6 heteroatoms. The van der Waals surface area contributed by atoms with Crippen LogP contribution in [0.2, 0.25) is 0 Å². The first kappa shape index (κ1) is 16.3. The largest absolute Gasteiger partial charge is 0.444 e. The summed E-state index contributed by atoms with van der Waals surface area (Å²) in [6, 6.07) is 3.80. The summed E-state index contributed by atoms with van der Waals surface area (Å²) in [5.41, 5.74) is -0.524. The van der Waals surface area contributed by atoms with Crippen molar-refractivity contribution in [1.82, 2.24) is 9.80 Å². The van der Waals surface area contributed by atoms with Crippen molar-refractivity contribution in [3.63, 3.8) is 0 Å². The zero-order valence-corrected chi connectivity index (χ0v) is 14.8.